The lowest BCUT2D eigenvalue weighted by molar-refractivity contribution is -0.135. The lowest BCUT2D eigenvalue weighted by Crippen LogP contribution is -2.43. The summed E-state index contributed by atoms with van der Waals surface area (Å²) in [7, 11) is 0. The Morgan fingerprint density at radius 1 is 1.15 bits per heavy atom. The number of nitrogens with one attached hydrogen (secondary N) is 1. The van der Waals surface area contributed by atoms with E-state index in [-0.39, 0.29) is 17.3 Å². The highest BCUT2D eigenvalue weighted by atomic mass is 32.2. The summed E-state index contributed by atoms with van der Waals surface area (Å²) in [6.07, 6.45) is 6.18. The van der Waals surface area contributed by atoms with Gasteiger partial charge in [-0.05, 0) is 43.4 Å². The molecule has 0 radical (unpaired) electrons. The number of fused-ring (bicyclic) bond motifs is 3. The maximum Gasteiger partial charge on any atom is 0.329 e. The van der Waals surface area contributed by atoms with Crippen LogP contribution >= 0.6 is 11.8 Å². The van der Waals surface area contributed by atoms with Crippen molar-refractivity contribution in [1.29, 1.82) is 0 Å². The SMILES string of the molecule is CSc1ccc(-c2ccc3ncc4c(=O)[nH]c(=O)n(C5CCN(C(=O)CO)CC5)c4c3n2)cn1. The molecule has 1 saturated heterocycles. The first-order valence-corrected chi connectivity index (χ1v) is 12.1. The highest BCUT2D eigenvalue weighted by Crippen LogP contribution is 2.29. The molecule has 11 heteroatoms. The third-order valence-corrected chi connectivity index (χ3v) is 6.83. The minimum absolute atomic E-state index is 0.242. The number of H-pyrrole nitrogens is 1. The van der Waals surface area contributed by atoms with Gasteiger partial charge in [0.05, 0.1) is 27.1 Å². The molecule has 0 aromatic carbocycles. The van der Waals surface area contributed by atoms with Crippen molar-refractivity contribution in [1.82, 2.24) is 29.4 Å². The maximum absolute atomic E-state index is 13.0. The topological polar surface area (TPSA) is 134 Å². The number of aromatic amines is 1. The first kappa shape index (κ1) is 22.2. The number of amides is 1. The Morgan fingerprint density at radius 3 is 2.62 bits per heavy atom. The van der Waals surface area contributed by atoms with Crippen LogP contribution in [-0.2, 0) is 4.79 Å². The van der Waals surface area contributed by atoms with Gasteiger partial charge in [-0.25, -0.2) is 14.8 Å². The molecule has 1 aliphatic rings. The van der Waals surface area contributed by atoms with Crippen molar-refractivity contribution in [2.75, 3.05) is 26.0 Å². The normalized spacial score (nSPS) is 14.7. The van der Waals surface area contributed by atoms with E-state index in [1.165, 1.54) is 6.20 Å². The van der Waals surface area contributed by atoms with Crippen molar-refractivity contribution in [2.45, 2.75) is 23.9 Å². The van der Waals surface area contributed by atoms with E-state index < -0.39 is 17.9 Å². The van der Waals surface area contributed by atoms with Crippen molar-refractivity contribution in [3.63, 3.8) is 0 Å². The van der Waals surface area contributed by atoms with Gasteiger partial charge in [-0.15, -0.1) is 11.8 Å². The van der Waals surface area contributed by atoms with Gasteiger partial charge in [-0.1, -0.05) is 0 Å². The molecule has 0 saturated carbocycles. The third kappa shape index (κ3) is 3.86. The molecule has 0 unspecified atom stereocenters. The van der Waals surface area contributed by atoms with Gasteiger partial charge in [0.25, 0.3) is 5.56 Å². The minimum atomic E-state index is -0.540. The van der Waals surface area contributed by atoms with E-state index in [0.717, 1.165) is 10.6 Å². The number of carbonyl (C=O) groups is 1. The van der Waals surface area contributed by atoms with Gasteiger partial charge in [-0.3, -0.25) is 24.1 Å². The number of nitrogens with zero attached hydrogens (tertiary/aromatic N) is 5. The van der Waals surface area contributed by atoms with Crippen molar-refractivity contribution in [3.05, 3.63) is 57.5 Å². The van der Waals surface area contributed by atoms with Crippen LogP contribution < -0.4 is 11.2 Å². The Bertz CT molecular complexity index is 1510. The standard InChI is InChI=1S/C23H22N6O4S/c1-34-18-5-2-13(10-25-18)16-3-4-17-20(26-16)21-15(11-24-17)22(32)27-23(33)29(21)14-6-8-28(9-7-14)19(31)12-30/h2-5,10-11,14,30H,6-9,12H2,1H3,(H,27,32,33). The van der Waals surface area contributed by atoms with Crippen LogP contribution in [0.25, 0.3) is 33.2 Å². The molecule has 4 aromatic rings. The van der Waals surface area contributed by atoms with Gasteiger partial charge in [0.15, 0.2) is 0 Å². The number of hydrogen-bond donors (Lipinski definition) is 2. The van der Waals surface area contributed by atoms with Gasteiger partial charge in [0.2, 0.25) is 5.91 Å². The number of hydrogen-bond acceptors (Lipinski definition) is 8. The molecule has 4 aromatic heterocycles. The molecule has 10 nitrogen and oxygen atoms in total. The van der Waals surface area contributed by atoms with Crippen LogP contribution in [0.3, 0.4) is 0 Å². The van der Waals surface area contributed by atoms with Crippen LogP contribution in [0.5, 0.6) is 0 Å². The monoisotopic (exact) mass is 478 g/mol. The second-order valence-corrected chi connectivity index (χ2v) is 8.90. The van der Waals surface area contributed by atoms with Gasteiger partial charge >= 0.3 is 5.69 Å². The van der Waals surface area contributed by atoms with E-state index >= 15 is 0 Å². The van der Waals surface area contributed by atoms with Crippen LogP contribution in [0.1, 0.15) is 18.9 Å². The summed E-state index contributed by atoms with van der Waals surface area (Å²) in [4.78, 5) is 55.1. The average Bonchev–Trinajstić information content (AvgIpc) is 2.88. The van der Waals surface area contributed by atoms with Gasteiger partial charge in [-0.2, -0.15) is 0 Å². The molecular formula is C23H22N6O4S. The molecule has 174 valence electrons. The first-order chi connectivity index (χ1) is 16.5. The van der Waals surface area contributed by atoms with Crippen LogP contribution in [0, 0.1) is 0 Å². The van der Waals surface area contributed by atoms with E-state index in [2.05, 4.69) is 15.0 Å². The summed E-state index contributed by atoms with van der Waals surface area (Å²) in [5.41, 5.74) is 1.89. The number of thioether (sulfide) groups is 1. The molecule has 5 heterocycles. The van der Waals surface area contributed by atoms with Crippen LogP contribution in [0.4, 0.5) is 0 Å². The van der Waals surface area contributed by atoms with Gasteiger partial charge in [0.1, 0.15) is 12.1 Å². The predicted octanol–water partition coefficient (Wildman–Crippen LogP) is 1.57. The van der Waals surface area contributed by atoms with E-state index in [1.807, 2.05) is 30.5 Å². The first-order valence-electron chi connectivity index (χ1n) is 10.8. The lowest BCUT2D eigenvalue weighted by Gasteiger charge is -2.33. The summed E-state index contributed by atoms with van der Waals surface area (Å²) in [6, 6.07) is 7.26. The Kier molecular flexibility index (Phi) is 5.88. The number of rotatable bonds is 4. The van der Waals surface area contributed by atoms with Gasteiger partial charge in [0, 0.05) is 37.1 Å². The summed E-state index contributed by atoms with van der Waals surface area (Å²) >= 11 is 1.55. The molecule has 0 spiro atoms. The Morgan fingerprint density at radius 2 is 1.94 bits per heavy atom. The van der Waals surface area contributed by atoms with Crippen molar-refractivity contribution in [3.8, 4) is 11.3 Å². The third-order valence-electron chi connectivity index (χ3n) is 6.17. The summed E-state index contributed by atoms with van der Waals surface area (Å²) in [6.45, 7) is 0.278. The lowest BCUT2D eigenvalue weighted by atomic mass is 10.0. The summed E-state index contributed by atoms with van der Waals surface area (Å²) in [5, 5.41) is 10.3. The number of likely N-dealkylation sites (tertiary alicyclic amines) is 1. The Balaban J connectivity index is 1.67. The maximum atomic E-state index is 13.0. The van der Waals surface area contributed by atoms with E-state index in [0.29, 0.717) is 48.2 Å². The van der Waals surface area contributed by atoms with E-state index in [4.69, 9.17) is 10.1 Å². The molecule has 0 bridgehead atoms. The van der Waals surface area contributed by atoms with E-state index in [1.54, 1.807) is 27.4 Å². The number of aromatic nitrogens is 5. The molecule has 5 rings (SSSR count). The number of aliphatic hydroxyl groups is 1. The summed E-state index contributed by atoms with van der Waals surface area (Å²) < 4.78 is 1.58. The second kappa shape index (κ2) is 8.99. The molecule has 34 heavy (non-hydrogen) atoms. The smallest absolute Gasteiger partial charge is 0.329 e. The predicted molar refractivity (Wildman–Crippen MR) is 129 cm³/mol. The second-order valence-electron chi connectivity index (χ2n) is 8.07. The Labute approximate surface area is 197 Å². The Hall–Kier alpha value is -3.57. The molecule has 1 fully saturated rings. The van der Waals surface area contributed by atoms with Crippen molar-refractivity contribution < 1.29 is 9.90 Å². The van der Waals surface area contributed by atoms with Crippen LogP contribution in [-0.4, -0.2) is 66.4 Å². The zero-order valence-corrected chi connectivity index (χ0v) is 19.2. The van der Waals surface area contributed by atoms with E-state index in [9.17, 15) is 14.4 Å². The fourth-order valence-electron chi connectivity index (χ4n) is 4.42. The number of pyridine rings is 3. The zero-order chi connectivity index (χ0) is 23.8. The summed E-state index contributed by atoms with van der Waals surface area (Å²) in [5.74, 6) is -0.334. The number of aliphatic hydroxyl groups excluding tert-OH is 1. The zero-order valence-electron chi connectivity index (χ0n) is 18.4. The molecule has 0 atom stereocenters. The fraction of sp³-hybridized carbons (Fsp3) is 0.304. The minimum Gasteiger partial charge on any atom is -0.387 e. The number of carbonyl (C=O) groups excluding carboxylic acids is 1. The van der Waals surface area contributed by atoms with Crippen LogP contribution in [0.15, 0.2) is 51.3 Å². The van der Waals surface area contributed by atoms with Gasteiger partial charge < -0.3 is 10.0 Å². The average molecular weight is 479 g/mol. The molecular weight excluding hydrogens is 456 g/mol. The van der Waals surface area contributed by atoms with Crippen LogP contribution in [0.2, 0.25) is 0 Å². The fourth-order valence-corrected chi connectivity index (χ4v) is 4.79. The molecule has 2 N–H and O–H groups in total. The molecule has 1 amide bonds. The quantitative estimate of drug-likeness (QED) is 0.333. The molecule has 0 aliphatic carbocycles. The highest BCUT2D eigenvalue weighted by molar-refractivity contribution is 7.98. The largest absolute Gasteiger partial charge is 0.387 e. The number of piperidine rings is 1. The highest BCUT2D eigenvalue weighted by Gasteiger charge is 2.26. The molecule has 1 aliphatic heterocycles. The van der Waals surface area contributed by atoms with Crippen molar-refractivity contribution in [2.24, 2.45) is 0 Å². The van der Waals surface area contributed by atoms with Crippen molar-refractivity contribution >= 4 is 39.6 Å².